The molecule has 1 aromatic carbocycles. The van der Waals surface area contributed by atoms with E-state index >= 15 is 0 Å². The predicted octanol–water partition coefficient (Wildman–Crippen LogP) is -0.00240. The fraction of sp³-hybridized carbons (Fsp3) is 0.650. The smallest absolute Gasteiger partial charge is 0.423 e. The van der Waals surface area contributed by atoms with E-state index in [0.29, 0.717) is 6.54 Å². The van der Waals surface area contributed by atoms with E-state index in [1.165, 1.54) is 22.3 Å². The molecule has 1 unspecified atom stereocenters. The van der Waals surface area contributed by atoms with Gasteiger partial charge in [-0.1, -0.05) is 6.07 Å². The zero-order valence-corrected chi connectivity index (χ0v) is 20.5. The minimum absolute atomic E-state index is 0. The number of anilines is 1. The van der Waals surface area contributed by atoms with Gasteiger partial charge in [-0.3, -0.25) is 4.79 Å². The van der Waals surface area contributed by atoms with E-state index in [-0.39, 0.29) is 57.3 Å². The van der Waals surface area contributed by atoms with Crippen LogP contribution < -0.4 is 56.7 Å². The van der Waals surface area contributed by atoms with E-state index in [1.807, 2.05) is 0 Å². The summed E-state index contributed by atoms with van der Waals surface area (Å²) in [6, 6.07) is 1.57. The van der Waals surface area contributed by atoms with Gasteiger partial charge in [0.15, 0.2) is 16.1 Å². The Morgan fingerprint density at radius 2 is 1.64 bits per heavy atom. The van der Waals surface area contributed by atoms with Crippen LogP contribution in [0.1, 0.15) is 47.9 Å². The molecular weight excluding hydrogens is 401 g/mol. The molecule has 6 nitrogen and oxygen atoms in total. The van der Waals surface area contributed by atoms with Crippen LogP contribution in [0.5, 0.6) is 0 Å². The van der Waals surface area contributed by atoms with E-state index in [0.717, 1.165) is 70.1 Å². The summed E-state index contributed by atoms with van der Waals surface area (Å²) in [4.78, 5) is 14.8. The van der Waals surface area contributed by atoms with E-state index in [4.69, 9.17) is 0 Å². The molecule has 146 valence electrons. The van der Waals surface area contributed by atoms with Crippen molar-refractivity contribution in [2.75, 3.05) is 25.0 Å². The zero-order chi connectivity index (χ0) is 18.6. The zero-order valence-electron chi connectivity index (χ0n) is 16.5. The largest absolute Gasteiger partial charge is 1.00 e. The van der Waals surface area contributed by atoms with Crippen molar-refractivity contribution in [2.24, 2.45) is 5.92 Å². The molecule has 2 bridgehead atoms. The summed E-state index contributed by atoms with van der Waals surface area (Å²) in [5, 5.41) is 2.35. The second-order valence-corrected chi connectivity index (χ2v) is 10.3. The second-order valence-electron chi connectivity index (χ2n) is 8.45. The molecule has 28 heavy (non-hydrogen) atoms. The van der Waals surface area contributed by atoms with Crippen molar-refractivity contribution in [1.29, 1.82) is 0 Å². The number of aryl methyl sites for hydroxylation is 2. The van der Waals surface area contributed by atoms with E-state index in [9.17, 15) is 13.2 Å². The van der Waals surface area contributed by atoms with Crippen molar-refractivity contribution in [2.45, 2.75) is 56.6 Å². The third-order valence-electron chi connectivity index (χ3n) is 6.89. The Kier molecular flexibility index (Phi) is 6.29. The van der Waals surface area contributed by atoms with Gasteiger partial charge in [-0.25, -0.2) is 8.42 Å². The van der Waals surface area contributed by atoms with Gasteiger partial charge in [-0.15, -0.1) is 0 Å². The summed E-state index contributed by atoms with van der Waals surface area (Å²) in [5.74, 6) is 0.141. The molecule has 1 N–H and O–H groups in total. The number of carbonyl (C=O) groups is 1. The van der Waals surface area contributed by atoms with Crippen molar-refractivity contribution in [3.05, 3.63) is 33.0 Å². The molecule has 3 heterocycles. The fourth-order valence-corrected chi connectivity index (χ4v) is 7.10. The number of hydrogen-bond donors (Lipinski definition) is 1. The molecule has 8 heteroatoms. The van der Waals surface area contributed by atoms with Crippen LogP contribution in [-0.2, 0) is 35.7 Å². The van der Waals surface area contributed by atoms with E-state index < -0.39 is 21.3 Å². The predicted molar refractivity (Wildman–Crippen MR) is 105 cm³/mol. The van der Waals surface area contributed by atoms with Gasteiger partial charge in [0.05, 0.1) is 5.25 Å². The summed E-state index contributed by atoms with van der Waals surface area (Å²) in [7, 11) is -3.79. The Morgan fingerprint density at radius 3 is 2.18 bits per heavy atom. The number of piperidine rings is 3. The Bertz CT molecular complexity index is 862. The van der Waals surface area contributed by atoms with Crippen LogP contribution in [0.4, 0.5) is 10.5 Å². The van der Waals surface area contributed by atoms with Crippen LogP contribution in [0.2, 0.25) is 0 Å². The van der Waals surface area contributed by atoms with E-state index in [1.54, 1.807) is 0 Å². The Balaban J connectivity index is 0.00000192. The molecule has 0 saturated carbocycles. The van der Waals surface area contributed by atoms with Crippen LogP contribution in [0.15, 0.2) is 6.07 Å². The van der Waals surface area contributed by atoms with Gasteiger partial charge in [-0.05, 0) is 98.3 Å². The third kappa shape index (κ3) is 3.86. The maximum absolute atomic E-state index is 12.8. The molecule has 0 spiro atoms. The maximum atomic E-state index is 12.8. The van der Waals surface area contributed by atoms with Gasteiger partial charge in [-0.2, -0.15) is 0 Å². The molecular formula is C20H26KN3O3S. The van der Waals surface area contributed by atoms with Gasteiger partial charge in [0.25, 0.3) is 0 Å². The number of hydrogen-bond acceptors (Lipinski definition) is 4. The maximum Gasteiger partial charge on any atom is 1.00 e. The summed E-state index contributed by atoms with van der Waals surface area (Å²) >= 11 is 0. The minimum atomic E-state index is -3.79. The Hall–Kier alpha value is 0.0364. The molecule has 1 atom stereocenters. The number of urea groups is 1. The fourth-order valence-electron chi connectivity index (χ4n) is 5.53. The first kappa shape index (κ1) is 21.3. The topological polar surface area (TPSA) is 80.6 Å². The summed E-state index contributed by atoms with van der Waals surface area (Å²) < 4.78 is 29.3. The normalized spacial score (nSPS) is 27.6. The monoisotopic (exact) mass is 427 g/mol. The number of fused-ring (bicyclic) bond motifs is 5. The quantitative estimate of drug-likeness (QED) is 0.689. The van der Waals surface area contributed by atoms with Crippen molar-refractivity contribution in [3.63, 3.8) is 0 Å². The number of benzene rings is 1. The third-order valence-corrected chi connectivity index (χ3v) is 8.61. The molecule has 0 radical (unpaired) electrons. The van der Waals surface area contributed by atoms with Crippen LogP contribution in [-0.4, -0.2) is 44.2 Å². The van der Waals surface area contributed by atoms with Gasteiger partial charge in [0.1, 0.15) is 0 Å². The van der Waals surface area contributed by atoms with E-state index in [2.05, 4.69) is 21.0 Å². The summed E-state index contributed by atoms with van der Waals surface area (Å²) in [6.07, 6.45) is 7.95. The van der Waals surface area contributed by atoms with Crippen LogP contribution >= 0.6 is 0 Å². The average Bonchev–Trinajstić information content (AvgIpc) is 3.31. The molecule has 0 aromatic heterocycles. The number of nitrogens with one attached hydrogen (secondary N) is 1. The van der Waals surface area contributed by atoms with Crippen LogP contribution in [0, 0.1) is 5.92 Å². The molecule has 3 saturated heterocycles. The standard InChI is InChI=1S/C20H27N3O3S.K/c24-20(22-27(25,26)18-12-23-9-7-13(18)8-10-23)21-19-16-5-1-3-14(16)11-15-4-2-6-17(15)19;/h11,13,18H,1-10,12H2,(H2,21,22,24);/q;+1/p-1. The molecule has 5 aliphatic rings. The molecule has 2 aliphatic carbocycles. The summed E-state index contributed by atoms with van der Waals surface area (Å²) in [6.45, 7) is 2.44. The Labute approximate surface area is 209 Å². The molecule has 6 rings (SSSR count). The number of nitrogens with zero attached hydrogens (tertiary/aromatic N) is 2. The molecule has 3 fully saturated rings. The SMILES string of the molecule is O=C([N-]S(=O)(=O)C1CN2CCC1CC2)Nc1c2c(cc3c1CCC3)CCC2.[K+]. The van der Waals surface area contributed by atoms with Crippen molar-refractivity contribution in [1.82, 2.24) is 4.90 Å². The number of carbonyl (C=O) groups excluding carboxylic acids is 1. The number of rotatable bonds is 3. The first-order valence-corrected chi connectivity index (χ1v) is 11.7. The number of sulfonamides is 1. The molecule has 3 aliphatic heterocycles. The van der Waals surface area contributed by atoms with Gasteiger partial charge < -0.3 is 14.9 Å². The van der Waals surface area contributed by atoms with Crippen molar-refractivity contribution < 1.29 is 64.6 Å². The Morgan fingerprint density at radius 1 is 1.04 bits per heavy atom. The van der Waals surface area contributed by atoms with Gasteiger partial charge >= 0.3 is 51.4 Å². The number of amides is 2. The van der Waals surface area contributed by atoms with Crippen molar-refractivity contribution in [3.8, 4) is 0 Å². The van der Waals surface area contributed by atoms with Gasteiger partial charge in [0.2, 0.25) is 0 Å². The van der Waals surface area contributed by atoms with Crippen molar-refractivity contribution >= 4 is 21.7 Å². The average molecular weight is 428 g/mol. The van der Waals surface area contributed by atoms with Gasteiger partial charge in [0, 0.05) is 6.54 Å². The summed E-state index contributed by atoms with van der Waals surface area (Å²) in [5.41, 5.74) is 5.87. The van der Waals surface area contributed by atoms with Crippen LogP contribution in [0.3, 0.4) is 0 Å². The minimum Gasteiger partial charge on any atom is -0.423 e. The second kappa shape index (κ2) is 8.28. The molecule has 1 aromatic rings. The van der Waals surface area contributed by atoms with Crippen LogP contribution in [0.25, 0.3) is 4.72 Å². The molecule has 2 amide bonds. The first-order chi connectivity index (χ1) is 13.0. The first-order valence-electron chi connectivity index (χ1n) is 10.2.